The summed E-state index contributed by atoms with van der Waals surface area (Å²) in [5, 5.41) is 25.3. The standard InChI is InChI=1S/C59H42N4.C35H27N3OS.C29H23N3OS/c1-35-21-31-45-46-32-22-36(2)34-52(46)59(51(45)33-35,39-27-23-37(24-28-39)57-60-53-47-17-9-5-13-41(47)43-15-7-11-19-49(43)55(53)62(57)3)40-29-25-38(26-30-40)58-61-54-48-18-10-6-14-42(48)44-16-8-12-20-50(44)56(54)63(58)4;1-21-12-14-24(15-13-21)34-37-32-29-10-6-4-8-27(29)28-9-5-7-11-30(28)33(32)38(34)26-18-16-25(17-19-26)36-35(39)31-20-22(2)40-23(31)3;1-17-16-25(18(2)34-17)29(33)30-20-14-12-19(13-15-20)28-31-26-23-10-6-4-8-21(23)22-9-5-7-11-24(22)27(26)32(28)3/h5-34H,1-4H3;4-20H,1-3H3,(H,36,39);4-16H,1-3H3,(H,30,33). The highest BCUT2D eigenvalue weighted by Gasteiger charge is 2.47. The van der Waals surface area contributed by atoms with Gasteiger partial charge in [0.15, 0.2) is 0 Å². The van der Waals surface area contributed by atoms with Crippen LogP contribution in [0, 0.1) is 48.5 Å². The van der Waals surface area contributed by atoms with Crippen LogP contribution in [0.3, 0.4) is 0 Å². The van der Waals surface area contributed by atoms with Gasteiger partial charge in [-0.05, 0) is 186 Å². The number of carbonyl (C=O) groups excluding carboxylic acids is 2. The maximum Gasteiger partial charge on any atom is 0.256 e. The monoisotopic (exact) mass is 1800 g/mol. The van der Waals surface area contributed by atoms with Crippen LogP contribution in [-0.2, 0) is 26.6 Å². The van der Waals surface area contributed by atoms with E-state index >= 15 is 0 Å². The van der Waals surface area contributed by atoms with E-state index in [0.717, 1.165) is 154 Å². The molecule has 0 fully saturated rings. The van der Waals surface area contributed by atoms with Crippen molar-refractivity contribution in [2.24, 2.45) is 21.1 Å². The zero-order valence-corrected chi connectivity index (χ0v) is 79.0. The highest BCUT2D eigenvalue weighted by atomic mass is 32.1. The predicted octanol–water partition coefficient (Wildman–Crippen LogP) is 31.1. The highest BCUT2D eigenvalue weighted by molar-refractivity contribution is 7.12. The van der Waals surface area contributed by atoms with Gasteiger partial charge in [0.05, 0.1) is 60.7 Å². The van der Waals surface area contributed by atoms with Gasteiger partial charge in [-0.25, -0.2) is 19.9 Å². The van der Waals surface area contributed by atoms with Gasteiger partial charge in [0.25, 0.3) is 11.8 Å². The van der Waals surface area contributed by atoms with Crippen molar-refractivity contribution in [1.82, 2.24) is 38.2 Å². The molecule has 1 aliphatic carbocycles. The Hall–Kier alpha value is -16.5. The topological polar surface area (TPSA) is 129 Å². The molecular formula is C123H92N10O2S2. The first-order valence-electron chi connectivity index (χ1n) is 46.5. The molecule has 2 N–H and O–H groups in total. The minimum Gasteiger partial charge on any atom is -0.327 e. The molecule has 19 aromatic carbocycles. The van der Waals surface area contributed by atoms with Crippen molar-refractivity contribution < 1.29 is 9.59 Å². The average molecular weight is 1810 g/mol. The van der Waals surface area contributed by atoms with Crippen LogP contribution in [0.25, 0.3) is 193 Å². The smallest absolute Gasteiger partial charge is 0.256 e. The summed E-state index contributed by atoms with van der Waals surface area (Å²) in [6.45, 7) is 14.5. The van der Waals surface area contributed by atoms with E-state index in [2.05, 4.69) is 386 Å². The number of hydrogen-bond donors (Lipinski definition) is 2. The molecule has 0 atom stereocenters. The van der Waals surface area contributed by atoms with Crippen LogP contribution in [0.1, 0.15) is 79.2 Å². The van der Waals surface area contributed by atoms with Crippen molar-refractivity contribution in [2.75, 3.05) is 10.6 Å². The molecule has 0 spiro atoms. The molecule has 26 rings (SSSR count). The summed E-state index contributed by atoms with van der Waals surface area (Å²) in [6, 6.07) is 130. The summed E-state index contributed by atoms with van der Waals surface area (Å²) < 4.78 is 9.00. The largest absolute Gasteiger partial charge is 0.327 e. The van der Waals surface area contributed by atoms with Crippen LogP contribution in [0.5, 0.6) is 0 Å². The maximum atomic E-state index is 13.0. The van der Waals surface area contributed by atoms with Crippen LogP contribution < -0.4 is 10.6 Å². The Balaban J connectivity index is 0.000000119. The minimum atomic E-state index is -0.558. The molecule has 658 valence electrons. The number of fused-ring (bicyclic) bond motifs is 27. The Morgan fingerprint density at radius 3 is 0.861 bits per heavy atom. The molecule has 0 saturated carbocycles. The maximum absolute atomic E-state index is 13.0. The number of hydrogen-bond acceptors (Lipinski definition) is 8. The van der Waals surface area contributed by atoms with Crippen LogP contribution in [0.4, 0.5) is 11.4 Å². The van der Waals surface area contributed by atoms with Crippen LogP contribution in [0.2, 0.25) is 0 Å². The lowest BCUT2D eigenvalue weighted by Crippen LogP contribution is -2.28. The van der Waals surface area contributed by atoms with E-state index in [0.29, 0.717) is 0 Å². The van der Waals surface area contributed by atoms with Gasteiger partial charge in [-0.3, -0.25) is 14.2 Å². The average Bonchev–Trinajstić information content (AvgIpc) is 1.55. The quantitative estimate of drug-likeness (QED) is 0.124. The normalized spacial score (nSPS) is 12.3. The predicted molar refractivity (Wildman–Crippen MR) is 574 cm³/mol. The molecule has 1 aliphatic rings. The Kier molecular flexibility index (Phi) is 20.1. The highest BCUT2D eigenvalue weighted by Crippen LogP contribution is 2.58. The molecule has 12 nitrogen and oxygen atoms in total. The third kappa shape index (κ3) is 13.7. The lowest BCUT2D eigenvalue weighted by atomic mass is 9.67. The summed E-state index contributed by atoms with van der Waals surface area (Å²) >= 11 is 3.28. The van der Waals surface area contributed by atoms with Crippen molar-refractivity contribution in [1.29, 1.82) is 0 Å². The molecule has 6 heterocycles. The Morgan fingerprint density at radius 1 is 0.270 bits per heavy atom. The van der Waals surface area contributed by atoms with Crippen molar-refractivity contribution in [3.05, 3.63) is 434 Å². The molecule has 14 heteroatoms. The molecule has 0 aliphatic heterocycles. The summed E-state index contributed by atoms with van der Waals surface area (Å²) in [6.07, 6.45) is 0. The number of amides is 2. The van der Waals surface area contributed by atoms with Gasteiger partial charge >= 0.3 is 0 Å². The van der Waals surface area contributed by atoms with Gasteiger partial charge in [0.1, 0.15) is 23.3 Å². The number of nitrogens with one attached hydrogen (secondary N) is 2. The van der Waals surface area contributed by atoms with Crippen molar-refractivity contribution in [2.45, 2.75) is 53.9 Å². The number of thiophene rings is 2. The summed E-state index contributed by atoms with van der Waals surface area (Å²) in [5.41, 5.74) is 27.6. The van der Waals surface area contributed by atoms with Crippen molar-refractivity contribution >= 4 is 176 Å². The number of carbonyl (C=O) groups is 2. The number of benzene rings is 19. The van der Waals surface area contributed by atoms with Gasteiger partial charge < -0.3 is 24.3 Å². The van der Waals surface area contributed by atoms with E-state index in [1.807, 2.05) is 76.2 Å². The zero-order valence-electron chi connectivity index (χ0n) is 77.4. The van der Waals surface area contributed by atoms with E-state index in [-0.39, 0.29) is 11.8 Å². The number of imidazole rings is 4. The van der Waals surface area contributed by atoms with E-state index in [1.165, 1.54) is 120 Å². The fourth-order valence-corrected chi connectivity index (χ4v) is 23.6. The molecule has 6 aromatic heterocycles. The van der Waals surface area contributed by atoms with Gasteiger partial charge in [-0.2, -0.15) is 0 Å². The summed E-state index contributed by atoms with van der Waals surface area (Å²) in [7, 11) is 6.39. The summed E-state index contributed by atoms with van der Waals surface area (Å²) in [5.74, 6) is 3.55. The molecule has 0 radical (unpaired) electrons. The van der Waals surface area contributed by atoms with Crippen LogP contribution in [-0.4, -0.2) is 50.0 Å². The molecule has 0 saturated heterocycles. The third-order valence-corrected chi connectivity index (χ3v) is 30.0. The Labute approximate surface area is 799 Å². The lowest BCUT2D eigenvalue weighted by molar-refractivity contribution is 0.101. The SMILES string of the molecule is Cc1cc(C(=O)Nc2ccc(-c3nc4c5ccccc5c5ccccc5c4n3C)cc2)c(C)s1.Cc1ccc(-c2nc3c4ccccc4c4ccccc4c3n2-c2ccc(NC(=O)c3cc(C)sc3C)cc2)cc1.Cc1ccc2c(c1)C(c1ccc(-c3nc4c5ccccc5c5ccccc5c4n3C)cc1)(c1ccc(-c3nc4c5ccccc5c5ccccc5c4n3C)cc1)c1cc(C)ccc1-2. The molecular weight excluding hydrogens is 1710 g/mol. The first-order valence-corrected chi connectivity index (χ1v) is 48.1. The van der Waals surface area contributed by atoms with Crippen LogP contribution in [0.15, 0.2) is 364 Å². The number of aromatic nitrogens is 8. The third-order valence-electron chi connectivity index (χ3n) is 28.0. The van der Waals surface area contributed by atoms with Gasteiger partial charge in [0.2, 0.25) is 0 Å². The van der Waals surface area contributed by atoms with Gasteiger partial charge in [0, 0.05) is 123 Å². The molecule has 137 heavy (non-hydrogen) atoms. The number of aryl methyl sites for hydroxylation is 10. The molecule has 2 amide bonds. The first-order chi connectivity index (χ1) is 66.9. The second-order valence-electron chi connectivity index (χ2n) is 36.5. The molecule has 0 bridgehead atoms. The fraction of sp³-hybridized carbons (Fsp3) is 0.0894. The zero-order chi connectivity index (χ0) is 92.9. The Morgan fingerprint density at radius 2 is 0.533 bits per heavy atom. The van der Waals surface area contributed by atoms with Crippen molar-refractivity contribution in [3.8, 4) is 62.4 Å². The number of nitrogens with zero attached hydrogens (tertiary/aromatic N) is 8. The molecule has 25 aromatic rings. The van der Waals surface area contributed by atoms with Gasteiger partial charge in [-0.1, -0.05) is 320 Å². The van der Waals surface area contributed by atoms with E-state index < -0.39 is 5.41 Å². The first kappa shape index (κ1) is 83.5. The lowest BCUT2D eigenvalue weighted by Gasteiger charge is -2.34. The summed E-state index contributed by atoms with van der Waals surface area (Å²) in [4.78, 5) is 51.2. The second kappa shape index (κ2) is 33.0. The molecule has 0 unspecified atom stereocenters. The van der Waals surface area contributed by atoms with Crippen LogP contribution >= 0.6 is 22.7 Å². The van der Waals surface area contributed by atoms with E-state index in [9.17, 15) is 9.59 Å². The second-order valence-corrected chi connectivity index (χ2v) is 39.4. The van der Waals surface area contributed by atoms with E-state index in [1.54, 1.807) is 22.7 Å². The number of rotatable bonds is 11. The minimum absolute atomic E-state index is 0.0738. The Bertz CT molecular complexity index is 9050. The number of anilines is 2. The van der Waals surface area contributed by atoms with Gasteiger partial charge in [-0.15, -0.1) is 22.7 Å². The fourth-order valence-electron chi connectivity index (χ4n) is 21.7. The van der Waals surface area contributed by atoms with E-state index in [4.69, 9.17) is 19.9 Å². The van der Waals surface area contributed by atoms with Crippen molar-refractivity contribution in [3.63, 3.8) is 0 Å².